The molecule has 1 aromatic heterocycles. The van der Waals surface area contributed by atoms with Gasteiger partial charge in [0.1, 0.15) is 12.2 Å². The van der Waals surface area contributed by atoms with Crippen molar-refractivity contribution in [1.29, 1.82) is 0 Å². The number of nitrogens with one attached hydrogen (secondary N) is 1. The van der Waals surface area contributed by atoms with Gasteiger partial charge in [-0.15, -0.1) is 0 Å². The van der Waals surface area contributed by atoms with Gasteiger partial charge in [0.2, 0.25) is 5.91 Å². The molecule has 8 nitrogen and oxygen atoms in total. The van der Waals surface area contributed by atoms with E-state index in [9.17, 15) is 9.90 Å². The van der Waals surface area contributed by atoms with Crippen LogP contribution in [0.25, 0.3) is 5.69 Å². The Morgan fingerprint density at radius 3 is 2.76 bits per heavy atom. The highest BCUT2D eigenvalue weighted by atomic mass is 16.5. The number of fused-ring (bicyclic) bond motifs is 1. The zero-order valence-corrected chi connectivity index (χ0v) is 16.5. The number of carbonyl (C=O) groups is 1. The van der Waals surface area contributed by atoms with Crippen LogP contribution in [-0.2, 0) is 16.1 Å². The van der Waals surface area contributed by atoms with Gasteiger partial charge >= 0.3 is 0 Å². The van der Waals surface area contributed by atoms with Crippen molar-refractivity contribution in [2.24, 2.45) is 11.3 Å². The van der Waals surface area contributed by atoms with Crippen LogP contribution in [0.2, 0.25) is 0 Å². The number of para-hydroxylation sites is 1. The van der Waals surface area contributed by atoms with Crippen LogP contribution in [0.3, 0.4) is 0 Å². The number of aliphatic hydroxyl groups is 1. The molecule has 1 saturated carbocycles. The zero-order valence-electron chi connectivity index (χ0n) is 16.5. The second-order valence-electron chi connectivity index (χ2n) is 8.62. The Morgan fingerprint density at radius 2 is 2.07 bits per heavy atom. The van der Waals surface area contributed by atoms with Gasteiger partial charge in [-0.2, -0.15) is 5.10 Å². The third-order valence-corrected chi connectivity index (χ3v) is 6.67. The van der Waals surface area contributed by atoms with Crippen LogP contribution in [0.4, 0.5) is 0 Å². The van der Waals surface area contributed by atoms with Gasteiger partial charge < -0.3 is 20.1 Å². The molecule has 2 aromatic rings. The van der Waals surface area contributed by atoms with Gasteiger partial charge in [0.25, 0.3) is 0 Å². The molecule has 3 heterocycles. The van der Waals surface area contributed by atoms with E-state index in [0.29, 0.717) is 51.5 Å². The number of carbonyl (C=O) groups excluding carboxylic acids is 1. The summed E-state index contributed by atoms with van der Waals surface area (Å²) in [6, 6.07) is 9.86. The molecule has 8 heteroatoms. The van der Waals surface area contributed by atoms with E-state index in [1.54, 1.807) is 11.0 Å². The number of rotatable bonds is 6. The summed E-state index contributed by atoms with van der Waals surface area (Å²) < 4.78 is 7.27. The van der Waals surface area contributed by atoms with Crippen molar-refractivity contribution < 1.29 is 14.6 Å². The minimum absolute atomic E-state index is 0.228. The lowest BCUT2D eigenvalue weighted by Gasteiger charge is -2.39. The molecule has 2 aliphatic heterocycles. The second kappa shape index (κ2) is 7.19. The molecule has 2 atom stereocenters. The van der Waals surface area contributed by atoms with Crippen LogP contribution < -0.4 is 5.32 Å². The molecular weight excluding hydrogens is 370 g/mol. The van der Waals surface area contributed by atoms with E-state index in [0.717, 1.165) is 24.5 Å². The van der Waals surface area contributed by atoms with Crippen molar-refractivity contribution in [2.75, 3.05) is 32.8 Å². The van der Waals surface area contributed by atoms with E-state index in [1.807, 2.05) is 35.2 Å². The van der Waals surface area contributed by atoms with Gasteiger partial charge in [0, 0.05) is 25.6 Å². The molecule has 5 rings (SSSR count). The van der Waals surface area contributed by atoms with Crippen molar-refractivity contribution in [3.8, 4) is 5.69 Å². The van der Waals surface area contributed by atoms with Crippen molar-refractivity contribution >= 4 is 5.91 Å². The molecular formula is C21H27N5O3. The Kier molecular flexibility index (Phi) is 4.64. The predicted molar refractivity (Wildman–Crippen MR) is 105 cm³/mol. The number of aromatic nitrogens is 3. The standard InChI is InChI=1S/C21H27N5O3/c27-19(21-10-16(21)12-29-14-21)25-8-6-20(28,7-9-25)13-22-11-18-23-15-24-26(18)17-4-2-1-3-5-17/h1-5,15-16,22,28H,6-14H2/t16-,21-/m0/s1. The van der Waals surface area contributed by atoms with Crippen molar-refractivity contribution in [1.82, 2.24) is 25.0 Å². The number of ether oxygens (including phenoxy) is 1. The fourth-order valence-electron chi connectivity index (χ4n) is 4.68. The fraction of sp³-hybridized carbons (Fsp3) is 0.571. The lowest BCUT2D eigenvalue weighted by molar-refractivity contribution is -0.142. The average Bonchev–Trinajstić information content (AvgIpc) is 3.07. The van der Waals surface area contributed by atoms with E-state index in [-0.39, 0.29) is 11.3 Å². The van der Waals surface area contributed by atoms with Crippen molar-refractivity contribution in [3.05, 3.63) is 42.5 Å². The molecule has 29 heavy (non-hydrogen) atoms. The topological polar surface area (TPSA) is 92.5 Å². The van der Waals surface area contributed by atoms with Gasteiger partial charge in [0.15, 0.2) is 0 Å². The van der Waals surface area contributed by atoms with Gasteiger partial charge in [-0.25, -0.2) is 9.67 Å². The van der Waals surface area contributed by atoms with E-state index >= 15 is 0 Å². The predicted octanol–water partition coefficient (Wildman–Crippen LogP) is 0.747. The number of nitrogens with zero attached hydrogens (tertiary/aromatic N) is 4. The molecule has 2 N–H and O–H groups in total. The van der Waals surface area contributed by atoms with Gasteiger partial charge in [-0.3, -0.25) is 4.79 Å². The summed E-state index contributed by atoms with van der Waals surface area (Å²) in [5.74, 6) is 1.44. The Morgan fingerprint density at radius 1 is 1.28 bits per heavy atom. The maximum absolute atomic E-state index is 12.8. The molecule has 2 saturated heterocycles. The summed E-state index contributed by atoms with van der Waals surface area (Å²) in [5.41, 5.74) is -0.0860. The molecule has 1 aromatic carbocycles. The van der Waals surface area contributed by atoms with E-state index in [4.69, 9.17) is 4.74 Å². The second-order valence-corrected chi connectivity index (χ2v) is 8.62. The van der Waals surface area contributed by atoms with Crippen LogP contribution in [0.15, 0.2) is 36.7 Å². The van der Waals surface area contributed by atoms with Gasteiger partial charge in [0.05, 0.1) is 36.5 Å². The average molecular weight is 397 g/mol. The highest BCUT2D eigenvalue weighted by molar-refractivity contribution is 5.86. The maximum Gasteiger partial charge on any atom is 0.231 e. The quantitative estimate of drug-likeness (QED) is 0.747. The summed E-state index contributed by atoms with van der Waals surface area (Å²) in [4.78, 5) is 19.1. The largest absolute Gasteiger partial charge is 0.388 e. The summed E-state index contributed by atoms with van der Waals surface area (Å²) in [6.45, 7) is 3.48. The molecule has 3 fully saturated rings. The first kappa shape index (κ1) is 18.7. The molecule has 1 amide bonds. The van der Waals surface area contributed by atoms with Gasteiger partial charge in [-0.1, -0.05) is 18.2 Å². The van der Waals surface area contributed by atoms with Gasteiger partial charge in [-0.05, 0) is 31.4 Å². The van der Waals surface area contributed by atoms with E-state index < -0.39 is 5.60 Å². The molecule has 154 valence electrons. The van der Waals surface area contributed by atoms with E-state index in [2.05, 4.69) is 15.4 Å². The maximum atomic E-state index is 12.8. The molecule has 0 spiro atoms. The zero-order chi connectivity index (χ0) is 19.9. The lowest BCUT2D eigenvalue weighted by Crippen LogP contribution is -2.52. The first-order valence-corrected chi connectivity index (χ1v) is 10.3. The van der Waals surface area contributed by atoms with Crippen LogP contribution >= 0.6 is 0 Å². The smallest absolute Gasteiger partial charge is 0.231 e. The summed E-state index contributed by atoms with van der Waals surface area (Å²) in [7, 11) is 0. The van der Waals surface area contributed by atoms with Crippen LogP contribution in [-0.4, -0.2) is 69.1 Å². The SMILES string of the molecule is O=C(N1CCC(O)(CNCc2ncnn2-c2ccccc2)CC1)[C@@]12COC[C@@H]1C2. The minimum Gasteiger partial charge on any atom is -0.388 e. The Balaban J connectivity index is 1.13. The van der Waals surface area contributed by atoms with Crippen LogP contribution in [0.1, 0.15) is 25.1 Å². The summed E-state index contributed by atoms with van der Waals surface area (Å²) >= 11 is 0. The van der Waals surface area contributed by atoms with Crippen LogP contribution in [0, 0.1) is 11.3 Å². The minimum atomic E-state index is -0.804. The number of hydrogen-bond acceptors (Lipinski definition) is 6. The fourth-order valence-corrected chi connectivity index (χ4v) is 4.68. The number of piperidine rings is 1. The van der Waals surface area contributed by atoms with E-state index in [1.165, 1.54) is 0 Å². The number of benzene rings is 1. The third kappa shape index (κ3) is 3.45. The van der Waals surface area contributed by atoms with Crippen molar-refractivity contribution in [3.63, 3.8) is 0 Å². The monoisotopic (exact) mass is 397 g/mol. The lowest BCUT2D eigenvalue weighted by atomic mass is 9.90. The van der Waals surface area contributed by atoms with Crippen molar-refractivity contribution in [2.45, 2.75) is 31.4 Å². The van der Waals surface area contributed by atoms with Crippen LogP contribution in [0.5, 0.6) is 0 Å². The molecule has 0 radical (unpaired) electrons. The summed E-state index contributed by atoms with van der Waals surface area (Å²) in [6.07, 6.45) is 3.67. The Bertz CT molecular complexity index is 877. The molecule has 0 unspecified atom stereocenters. The highest BCUT2D eigenvalue weighted by Gasteiger charge is 2.64. The Labute approximate surface area is 169 Å². The number of amides is 1. The Hall–Kier alpha value is -2.29. The molecule has 0 bridgehead atoms. The highest BCUT2D eigenvalue weighted by Crippen LogP contribution is 2.58. The number of hydrogen-bond donors (Lipinski definition) is 2. The third-order valence-electron chi connectivity index (χ3n) is 6.67. The first-order valence-electron chi connectivity index (χ1n) is 10.3. The molecule has 1 aliphatic carbocycles. The normalized spacial score (nSPS) is 27.6. The first-order chi connectivity index (χ1) is 14.1. The summed E-state index contributed by atoms with van der Waals surface area (Å²) in [5, 5.41) is 18.6. The molecule has 3 aliphatic rings. The number of likely N-dealkylation sites (tertiary alicyclic amines) is 1.